The molecule has 80 valence electrons. The van der Waals surface area contributed by atoms with Crippen LogP contribution in [0.2, 0.25) is 0 Å². The minimum atomic E-state index is -3.22. The molecule has 5 heteroatoms. The maximum absolute atomic E-state index is 11.5. The van der Waals surface area contributed by atoms with Crippen LogP contribution in [-0.2, 0) is 14.6 Å². The van der Waals surface area contributed by atoms with Gasteiger partial charge >= 0.3 is 0 Å². The molecule has 0 unspecified atom stereocenters. The van der Waals surface area contributed by atoms with Gasteiger partial charge in [0.15, 0.2) is 9.84 Å². The summed E-state index contributed by atoms with van der Waals surface area (Å²) in [6.07, 6.45) is 2.55. The first kappa shape index (κ1) is 11.7. The van der Waals surface area contributed by atoms with Crippen molar-refractivity contribution in [2.75, 3.05) is 6.26 Å². The molecular formula is C10H12N2O2S. The summed E-state index contributed by atoms with van der Waals surface area (Å²) in [5.74, 6) is 0. The van der Waals surface area contributed by atoms with E-state index in [2.05, 4.69) is 4.98 Å². The average Bonchev–Trinajstić information content (AvgIpc) is 2.16. The minimum Gasteiger partial charge on any atom is -0.258 e. The van der Waals surface area contributed by atoms with Gasteiger partial charge in [0.1, 0.15) is 10.8 Å². The molecule has 0 N–H and O–H groups in total. The number of sulfone groups is 1. The smallest absolute Gasteiger partial charge is 0.158 e. The molecule has 0 bridgehead atoms. The zero-order valence-corrected chi connectivity index (χ0v) is 9.67. The Labute approximate surface area is 89.5 Å². The van der Waals surface area contributed by atoms with Crippen LogP contribution in [0.5, 0.6) is 0 Å². The third-order valence-corrected chi connectivity index (χ3v) is 4.50. The van der Waals surface area contributed by atoms with Crippen LogP contribution in [0, 0.1) is 11.3 Å². The van der Waals surface area contributed by atoms with Crippen molar-refractivity contribution in [1.82, 2.24) is 4.98 Å². The van der Waals surface area contributed by atoms with E-state index in [4.69, 9.17) is 5.26 Å². The molecule has 15 heavy (non-hydrogen) atoms. The minimum absolute atomic E-state index is 0.419. The summed E-state index contributed by atoms with van der Waals surface area (Å²) in [6.45, 7) is 3.19. The van der Waals surface area contributed by atoms with E-state index in [1.807, 2.05) is 6.07 Å². The zero-order valence-electron chi connectivity index (χ0n) is 8.85. The lowest BCUT2D eigenvalue weighted by Gasteiger charge is -2.21. The van der Waals surface area contributed by atoms with Crippen LogP contribution in [0.3, 0.4) is 0 Å². The fraction of sp³-hybridized carbons (Fsp3) is 0.400. The Balaban J connectivity index is 3.25. The fourth-order valence-corrected chi connectivity index (χ4v) is 1.51. The Kier molecular flexibility index (Phi) is 2.82. The van der Waals surface area contributed by atoms with Gasteiger partial charge in [-0.1, -0.05) is 0 Å². The second-order valence-corrected chi connectivity index (χ2v) is 6.39. The standard InChI is InChI=1S/C10H12N2O2S/c1-10(2,15(3,13)14)9-5-4-8(6-11)7-12-9/h4-5,7H,1-3H3. The summed E-state index contributed by atoms with van der Waals surface area (Å²) in [6, 6.07) is 5.07. The van der Waals surface area contributed by atoms with Crippen molar-refractivity contribution >= 4 is 9.84 Å². The van der Waals surface area contributed by atoms with Gasteiger partial charge < -0.3 is 0 Å². The number of pyridine rings is 1. The second-order valence-electron chi connectivity index (χ2n) is 3.83. The van der Waals surface area contributed by atoms with Gasteiger partial charge in [0, 0.05) is 12.5 Å². The molecule has 1 aromatic heterocycles. The number of aromatic nitrogens is 1. The van der Waals surface area contributed by atoms with Gasteiger partial charge in [-0.25, -0.2) is 8.42 Å². The van der Waals surface area contributed by atoms with Gasteiger partial charge in [-0.2, -0.15) is 5.26 Å². The van der Waals surface area contributed by atoms with Crippen molar-refractivity contribution in [1.29, 1.82) is 5.26 Å². The second kappa shape index (κ2) is 3.63. The first-order valence-corrected chi connectivity index (χ1v) is 6.24. The van der Waals surface area contributed by atoms with Gasteiger partial charge in [0.2, 0.25) is 0 Å². The molecule has 0 aliphatic carbocycles. The predicted octanol–water partition coefficient (Wildman–Crippen LogP) is 1.23. The van der Waals surface area contributed by atoms with Gasteiger partial charge in [-0.3, -0.25) is 4.98 Å². The maximum atomic E-state index is 11.5. The van der Waals surface area contributed by atoms with E-state index in [9.17, 15) is 8.42 Å². The van der Waals surface area contributed by atoms with Crippen molar-refractivity contribution in [3.05, 3.63) is 29.6 Å². The molecule has 0 radical (unpaired) electrons. The number of nitrogens with zero attached hydrogens (tertiary/aromatic N) is 2. The largest absolute Gasteiger partial charge is 0.258 e. The lowest BCUT2D eigenvalue weighted by Crippen LogP contribution is -2.29. The number of hydrogen-bond acceptors (Lipinski definition) is 4. The van der Waals surface area contributed by atoms with E-state index < -0.39 is 14.6 Å². The molecule has 0 aliphatic heterocycles. The van der Waals surface area contributed by atoms with Gasteiger partial charge in [0.05, 0.1) is 11.3 Å². The Hall–Kier alpha value is -1.41. The van der Waals surface area contributed by atoms with E-state index in [1.54, 1.807) is 26.0 Å². The molecule has 0 amide bonds. The summed E-state index contributed by atoms with van der Waals surface area (Å²) < 4.78 is 22.0. The highest BCUT2D eigenvalue weighted by molar-refractivity contribution is 7.91. The van der Waals surface area contributed by atoms with E-state index in [0.717, 1.165) is 0 Å². The summed E-state index contributed by atoms with van der Waals surface area (Å²) in [4.78, 5) is 3.99. The average molecular weight is 224 g/mol. The molecule has 1 rings (SSSR count). The van der Waals surface area contributed by atoms with Crippen molar-refractivity contribution < 1.29 is 8.42 Å². The number of rotatable bonds is 2. The summed E-state index contributed by atoms with van der Waals surface area (Å²) in [5.41, 5.74) is 0.868. The molecule has 0 aliphatic rings. The van der Waals surface area contributed by atoms with E-state index in [0.29, 0.717) is 11.3 Å². The molecule has 0 fully saturated rings. The highest BCUT2D eigenvalue weighted by Crippen LogP contribution is 2.26. The van der Waals surface area contributed by atoms with Crippen LogP contribution in [-0.4, -0.2) is 19.7 Å². The van der Waals surface area contributed by atoms with E-state index in [-0.39, 0.29) is 0 Å². The Morgan fingerprint density at radius 3 is 2.33 bits per heavy atom. The Morgan fingerprint density at radius 1 is 1.40 bits per heavy atom. The van der Waals surface area contributed by atoms with Crippen LogP contribution < -0.4 is 0 Å². The normalized spacial score (nSPS) is 12.1. The van der Waals surface area contributed by atoms with E-state index >= 15 is 0 Å². The molecule has 0 saturated heterocycles. The van der Waals surface area contributed by atoms with Crippen molar-refractivity contribution in [3.8, 4) is 6.07 Å². The fourth-order valence-electron chi connectivity index (χ4n) is 1.01. The third kappa shape index (κ3) is 2.16. The highest BCUT2D eigenvalue weighted by Gasteiger charge is 2.33. The van der Waals surface area contributed by atoms with Crippen LogP contribution in [0.15, 0.2) is 18.3 Å². The Morgan fingerprint density at radius 2 is 2.00 bits per heavy atom. The van der Waals surface area contributed by atoms with Gasteiger partial charge in [-0.05, 0) is 26.0 Å². The molecule has 0 atom stereocenters. The monoisotopic (exact) mass is 224 g/mol. The lowest BCUT2D eigenvalue weighted by molar-refractivity contribution is 0.556. The Bertz CT molecular complexity index is 495. The van der Waals surface area contributed by atoms with Crippen LogP contribution in [0.4, 0.5) is 0 Å². The molecule has 0 saturated carbocycles. The summed E-state index contributed by atoms with van der Waals surface area (Å²) >= 11 is 0. The van der Waals surface area contributed by atoms with Crippen molar-refractivity contribution in [2.45, 2.75) is 18.6 Å². The van der Waals surface area contributed by atoms with Gasteiger partial charge in [-0.15, -0.1) is 0 Å². The summed E-state index contributed by atoms with van der Waals surface area (Å²) in [5, 5.41) is 8.58. The van der Waals surface area contributed by atoms with Crippen molar-refractivity contribution in [2.24, 2.45) is 0 Å². The van der Waals surface area contributed by atoms with Crippen molar-refractivity contribution in [3.63, 3.8) is 0 Å². The molecule has 1 aromatic rings. The number of nitriles is 1. The van der Waals surface area contributed by atoms with Crippen LogP contribution in [0.1, 0.15) is 25.1 Å². The lowest BCUT2D eigenvalue weighted by atomic mass is 10.1. The van der Waals surface area contributed by atoms with E-state index in [1.165, 1.54) is 12.5 Å². The SMILES string of the molecule is CC(C)(c1ccc(C#N)cn1)S(C)(=O)=O. The highest BCUT2D eigenvalue weighted by atomic mass is 32.2. The third-order valence-electron chi connectivity index (χ3n) is 2.44. The quantitative estimate of drug-likeness (QED) is 0.757. The first-order valence-electron chi connectivity index (χ1n) is 4.35. The van der Waals surface area contributed by atoms with Crippen LogP contribution >= 0.6 is 0 Å². The molecule has 4 nitrogen and oxygen atoms in total. The molecule has 0 aromatic carbocycles. The topological polar surface area (TPSA) is 70.8 Å². The molecule has 0 spiro atoms. The first-order chi connectivity index (χ1) is 6.79. The zero-order chi connectivity index (χ0) is 11.7. The summed E-state index contributed by atoms with van der Waals surface area (Å²) in [7, 11) is -3.22. The predicted molar refractivity (Wildman–Crippen MR) is 56.8 cm³/mol. The number of hydrogen-bond donors (Lipinski definition) is 0. The van der Waals surface area contributed by atoms with Crippen LogP contribution in [0.25, 0.3) is 0 Å². The van der Waals surface area contributed by atoms with Gasteiger partial charge in [0.25, 0.3) is 0 Å². The molecular weight excluding hydrogens is 212 g/mol. The maximum Gasteiger partial charge on any atom is 0.158 e. The molecule has 1 heterocycles.